The van der Waals surface area contributed by atoms with E-state index in [0.29, 0.717) is 30.1 Å². The van der Waals surface area contributed by atoms with E-state index in [4.69, 9.17) is 5.73 Å². The SMILES string of the molecule is Cc1cc(C(=O)N2CCC[C@H]([C@@H](C)N)C2)cc([N+](=O)[O-])c1. The first-order valence-electron chi connectivity index (χ1n) is 7.19. The van der Waals surface area contributed by atoms with Crippen LogP contribution in [0.3, 0.4) is 0 Å². The maximum atomic E-state index is 12.6. The lowest BCUT2D eigenvalue weighted by Crippen LogP contribution is -2.45. The number of likely N-dealkylation sites (tertiary alicyclic amines) is 1. The van der Waals surface area contributed by atoms with Gasteiger partial charge in [0.1, 0.15) is 0 Å². The topological polar surface area (TPSA) is 89.5 Å². The first-order valence-corrected chi connectivity index (χ1v) is 7.19. The molecule has 0 spiro atoms. The standard InChI is InChI=1S/C15H21N3O3/c1-10-6-13(8-14(7-10)18(20)21)15(19)17-5-3-4-12(9-17)11(2)16/h6-8,11-12H,3-5,9,16H2,1-2H3/t11-,12+/m1/s1. The van der Waals surface area contributed by atoms with Crippen LogP contribution in [0, 0.1) is 23.0 Å². The molecule has 1 saturated heterocycles. The summed E-state index contributed by atoms with van der Waals surface area (Å²) in [6.45, 7) is 5.02. The second kappa shape index (κ2) is 6.22. The molecular weight excluding hydrogens is 270 g/mol. The number of nitro groups is 1. The molecule has 0 unspecified atom stereocenters. The molecule has 0 bridgehead atoms. The van der Waals surface area contributed by atoms with Gasteiger partial charge in [-0.25, -0.2) is 0 Å². The summed E-state index contributed by atoms with van der Waals surface area (Å²) in [5.74, 6) is 0.148. The van der Waals surface area contributed by atoms with Gasteiger partial charge in [-0.05, 0) is 44.2 Å². The van der Waals surface area contributed by atoms with Crippen molar-refractivity contribution in [3.63, 3.8) is 0 Å². The normalized spacial score (nSPS) is 20.1. The maximum absolute atomic E-state index is 12.6. The van der Waals surface area contributed by atoms with Gasteiger partial charge in [0.15, 0.2) is 0 Å². The lowest BCUT2D eigenvalue weighted by molar-refractivity contribution is -0.384. The number of hydrogen-bond donors (Lipinski definition) is 1. The molecule has 2 atom stereocenters. The van der Waals surface area contributed by atoms with Crippen molar-refractivity contribution in [1.29, 1.82) is 0 Å². The van der Waals surface area contributed by atoms with Crippen molar-refractivity contribution in [1.82, 2.24) is 4.90 Å². The van der Waals surface area contributed by atoms with Crippen LogP contribution in [0.5, 0.6) is 0 Å². The van der Waals surface area contributed by atoms with Crippen molar-refractivity contribution < 1.29 is 9.72 Å². The van der Waals surface area contributed by atoms with E-state index in [1.54, 1.807) is 17.9 Å². The third-order valence-corrected chi connectivity index (χ3v) is 4.01. The van der Waals surface area contributed by atoms with Crippen LogP contribution in [0.2, 0.25) is 0 Å². The lowest BCUT2D eigenvalue weighted by Gasteiger charge is -2.34. The molecule has 6 heteroatoms. The lowest BCUT2D eigenvalue weighted by atomic mass is 9.92. The van der Waals surface area contributed by atoms with Crippen LogP contribution in [-0.2, 0) is 0 Å². The molecule has 0 aromatic heterocycles. The molecule has 1 aliphatic rings. The first-order chi connectivity index (χ1) is 9.88. The second-order valence-electron chi connectivity index (χ2n) is 5.83. The number of nitro benzene ring substituents is 1. The number of nitrogens with zero attached hydrogens (tertiary/aromatic N) is 2. The fraction of sp³-hybridized carbons (Fsp3) is 0.533. The molecule has 1 aromatic carbocycles. The van der Waals surface area contributed by atoms with Crippen molar-refractivity contribution in [2.75, 3.05) is 13.1 Å². The molecule has 2 N–H and O–H groups in total. The molecule has 0 aliphatic carbocycles. The molecular formula is C15H21N3O3. The van der Waals surface area contributed by atoms with Gasteiger partial charge in [-0.15, -0.1) is 0 Å². The van der Waals surface area contributed by atoms with Crippen LogP contribution < -0.4 is 5.73 Å². The molecule has 1 fully saturated rings. The summed E-state index contributed by atoms with van der Waals surface area (Å²) in [5.41, 5.74) is 6.98. The molecule has 2 rings (SSSR count). The fourth-order valence-corrected chi connectivity index (χ4v) is 2.80. The van der Waals surface area contributed by atoms with E-state index >= 15 is 0 Å². The molecule has 6 nitrogen and oxygen atoms in total. The highest BCUT2D eigenvalue weighted by Gasteiger charge is 2.27. The molecule has 1 heterocycles. The van der Waals surface area contributed by atoms with E-state index < -0.39 is 4.92 Å². The largest absolute Gasteiger partial charge is 0.338 e. The molecule has 1 amide bonds. The smallest absolute Gasteiger partial charge is 0.270 e. The van der Waals surface area contributed by atoms with Crippen LogP contribution in [0.25, 0.3) is 0 Å². The van der Waals surface area contributed by atoms with E-state index in [1.807, 2.05) is 6.92 Å². The van der Waals surface area contributed by atoms with Crippen molar-refractivity contribution in [3.05, 3.63) is 39.4 Å². The van der Waals surface area contributed by atoms with Gasteiger partial charge in [0.05, 0.1) is 4.92 Å². The third-order valence-electron chi connectivity index (χ3n) is 4.01. The fourth-order valence-electron chi connectivity index (χ4n) is 2.80. The van der Waals surface area contributed by atoms with Crippen molar-refractivity contribution in [3.8, 4) is 0 Å². The summed E-state index contributed by atoms with van der Waals surface area (Å²) >= 11 is 0. The highest BCUT2D eigenvalue weighted by atomic mass is 16.6. The van der Waals surface area contributed by atoms with Crippen LogP contribution in [0.4, 0.5) is 5.69 Å². The van der Waals surface area contributed by atoms with E-state index in [2.05, 4.69) is 0 Å². The van der Waals surface area contributed by atoms with Gasteiger partial charge in [-0.3, -0.25) is 14.9 Å². The number of nitrogens with two attached hydrogens (primary N) is 1. The average molecular weight is 291 g/mol. The van der Waals surface area contributed by atoms with Gasteiger partial charge in [-0.1, -0.05) is 0 Å². The Labute approximate surface area is 124 Å². The summed E-state index contributed by atoms with van der Waals surface area (Å²) in [7, 11) is 0. The predicted molar refractivity (Wildman–Crippen MR) is 80.1 cm³/mol. The summed E-state index contributed by atoms with van der Waals surface area (Å²) in [5, 5.41) is 10.9. The van der Waals surface area contributed by atoms with Gasteiger partial charge in [0.25, 0.3) is 11.6 Å². The van der Waals surface area contributed by atoms with E-state index in [9.17, 15) is 14.9 Å². The van der Waals surface area contributed by atoms with Gasteiger partial charge >= 0.3 is 0 Å². The Morgan fingerprint density at radius 1 is 1.48 bits per heavy atom. The molecule has 114 valence electrons. The minimum Gasteiger partial charge on any atom is -0.338 e. The molecule has 1 aromatic rings. The molecule has 21 heavy (non-hydrogen) atoms. The predicted octanol–water partition coefficient (Wildman–Crippen LogP) is 2.10. The number of non-ortho nitro benzene ring substituents is 1. The molecule has 1 aliphatic heterocycles. The van der Waals surface area contributed by atoms with Gasteiger partial charge < -0.3 is 10.6 Å². The van der Waals surface area contributed by atoms with Crippen molar-refractivity contribution in [2.24, 2.45) is 11.7 Å². The summed E-state index contributed by atoms with van der Waals surface area (Å²) < 4.78 is 0. The molecule has 0 saturated carbocycles. The Balaban J connectivity index is 2.21. The summed E-state index contributed by atoms with van der Waals surface area (Å²) in [6.07, 6.45) is 1.95. The van der Waals surface area contributed by atoms with E-state index in [0.717, 1.165) is 12.8 Å². The number of piperidine rings is 1. The number of rotatable bonds is 3. The molecule has 0 radical (unpaired) electrons. The van der Waals surface area contributed by atoms with Crippen molar-refractivity contribution >= 4 is 11.6 Å². The van der Waals surface area contributed by atoms with Crippen molar-refractivity contribution in [2.45, 2.75) is 32.7 Å². The minimum absolute atomic E-state index is 0.0425. The highest BCUT2D eigenvalue weighted by Crippen LogP contribution is 2.23. The Kier molecular flexibility index (Phi) is 4.57. The van der Waals surface area contributed by atoms with Crippen LogP contribution >= 0.6 is 0 Å². The average Bonchev–Trinajstić information content (AvgIpc) is 2.45. The number of aryl methyl sites for hydroxylation is 1. The maximum Gasteiger partial charge on any atom is 0.270 e. The Hall–Kier alpha value is -1.95. The number of hydrogen-bond acceptors (Lipinski definition) is 4. The number of amides is 1. The van der Waals surface area contributed by atoms with Gasteiger partial charge in [-0.2, -0.15) is 0 Å². The van der Waals surface area contributed by atoms with Crippen LogP contribution in [0.1, 0.15) is 35.7 Å². The zero-order valence-corrected chi connectivity index (χ0v) is 12.4. The highest BCUT2D eigenvalue weighted by molar-refractivity contribution is 5.95. The Morgan fingerprint density at radius 3 is 2.81 bits per heavy atom. The first kappa shape index (κ1) is 15.4. The Morgan fingerprint density at radius 2 is 2.19 bits per heavy atom. The van der Waals surface area contributed by atoms with Gasteiger partial charge in [0, 0.05) is 36.8 Å². The summed E-state index contributed by atoms with van der Waals surface area (Å²) in [4.78, 5) is 24.8. The monoisotopic (exact) mass is 291 g/mol. The van der Waals surface area contributed by atoms with Gasteiger partial charge in [0.2, 0.25) is 0 Å². The second-order valence-corrected chi connectivity index (χ2v) is 5.83. The number of benzene rings is 1. The van der Waals surface area contributed by atoms with Crippen LogP contribution in [0.15, 0.2) is 18.2 Å². The quantitative estimate of drug-likeness (QED) is 0.682. The Bertz CT molecular complexity index is 557. The zero-order chi connectivity index (χ0) is 15.6. The minimum atomic E-state index is -0.468. The zero-order valence-electron chi connectivity index (χ0n) is 12.4. The van der Waals surface area contributed by atoms with E-state index in [-0.39, 0.29) is 17.6 Å². The summed E-state index contributed by atoms with van der Waals surface area (Å²) in [6, 6.07) is 4.57. The number of carbonyl (C=O) groups excluding carboxylic acids is 1. The van der Waals surface area contributed by atoms with Crippen LogP contribution in [-0.4, -0.2) is 34.9 Å². The van der Waals surface area contributed by atoms with E-state index in [1.165, 1.54) is 12.1 Å². The number of carbonyl (C=O) groups is 1. The third kappa shape index (κ3) is 3.58.